The van der Waals surface area contributed by atoms with Crippen LogP contribution in [0.3, 0.4) is 0 Å². The number of hydrogen-bond acceptors (Lipinski definition) is 4. The van der Waals surface area contributed by atoms with Gasteiger partial charge in [-0.1, -0.05) is 13.8 Å². The highest BCUT2D eigenvalue weighted by molar-refractivity contribution is 4.85. The summed E-state index contributed by atoms with van der Waals surface area (Å²) in [7, 11) is 3.80. The standard InChI is InChI=1S/C14H30N2O2/c1-5-7-16-8-10-18-13(11-16)14(15-3)12(2)6-9-17-4/h12-15H,5-11H2,1-4H3. The number of morpholine rings is 1. The van der Waals surface area contributed by atoms with E-state index in [0.717, 1.165) is 32.7 Å². The van der Waals surface area contributed by atoms with Crippen LogP contribution in [0, 0.1) is 5.92 Å². The quantitative estimate of drug-likeness (QED) is 0.713. The Balaban J connectivity index is 2.47. The zero-order valence-corrected chi connectivity index (χ0v) is 12.4. The average molecular weight is 258 g/mol. The second-order valence-electron chi connectivity index (χ2n) is 5.28. The summed E-state index contributed by atoms with van der Waals surface area (Å²) >= 11 is 0. The third kappa shape index (κ3) is 4.84. The number of nitrogens with zero attached hydrogens (tertiary/aromatic N) is 1. The molecule has 108 valence electrons. The number of methoxy groups -OCH3 is 1. The van der Waals surface area contributed by atoms with Crippen molar-refractivity contribution < 1.29 is 9.47 Å². The first-order valence-electron chi connectivity index (χ1n) is 7.23. The van der Waals surface area contributed by atoms with E-state index in [1.165, 1.54) is 13.0 Å². The third-order valence-electron chi connectivity index (χ3n) is 3.84. The minimum atomic E-state index is 0.308. The zero-order chi connectivity index (χ0) is 13.4. The van der Waals surface area contributed by atoms with Crippen LogP contribution in [0.5, 0.6) is 0 Å². The highest BCUT2D eigenvalue weighted by Crippen LogP contribution is 2.18. The normalized spacial score (nSPS) is 25.0. The van der Waals surface area contributed by atoms with Gasteiger partial charge in [0.15, 0.2) is 0 Å². The van der Waals surface area contributed by atoms with Crippen LogP contribution in [0.1, 0.15) is 26.7 Å². The van der Waals surface area contributed by atoms with Gasteiger partial charge in [0.1, 0.15) is 0 Å². The molecule has 18 heavy (non-hydrogen) atoms. The summed E-state index contributed by atoms with van der Waals surface area (Å²) in [6.07, 6.45) is 2.60. The van der Waals surface area contributed by atoms with Crippen LogP contribution in [0.25, 0.3) is 0 Å². The minimum absolute atomic E-state index is 0.308. The largest absolute Gasteiger partial charge is 0.385 e. The molecule has 0 bridgehead atoms. The maximum Gasteiger partial charge on any atom is 0.0857 e. The first-order chi connectivity index (χ1) is 8.72. The molecule has 0 aromatic carbocycles. The van der Waals surface area contributed by atoms with E-state index in [2.05, 4.69) is 24.1 Å². The Bertz CT molecular complexity index is 212. The van der Waals surface area contributed by atoms with Crippen LogP contribution in [0.15, 0.2) is 0 Å². The fourth-order valence-electron chi connectivity index (χ4n) is 2.79. The van der Waals surface area contributed by atoms with Crippen LogP contribution in [-0.2, 0) is 9.47 Å². The van der Waals surface area contributed by atoms with Gasteiger partial charge in [0.25, 0.3) is 0 Å². The Labute approximate surface area is 112 Å². The smallest absolute Gasteiger partial charge is 0.0857 e. The molecular formula is C14H30N2O2. The van der Waals surface area contributed by atoms with Crippen molar-refractivity contribution in [1.82, 2.24) is 10.2 Å². The van der Waals surface area contributed by atoms with Crippen molar-refractivity contribution >= 4 is 0 Å². The Morgan fingerprint density at radius 3 is 2.89 bits per heavy atom. The maximum absolute atomic E-state index is 5.96. The van der Waals surface area contributed by atoms with E-state index < -0.39 is 0 Å². The van der Waals surface area contributed by atoms with Gasteiger partial charge in [-0.05, 0) is 32.4 Å². The van der Waals surface area contributed by atoms with E-state index in [1.807, 2.05) is 7.05 Å². The first kappa shape index (κ1) is 15.9. The van der Waals surface area contributed by atoms with E-state index in [0.29, 0.717) is 18.1 Å². The van der Waals surface area contributed by atoms with Crippen molar-refractivity contribution in [1.29, 1.82) is 0 Å². The van der Waals surface area contributed by atoms with Gasteiger partial charge < -0.3 is 14.8 Å². The van der Waals surface area contributed by atoms with Crippen molar-refractivity contribution in [3.63, 3.8) is 0 Å². The lowest BCUT2D eigenvalue weighted by atomic mass is 9.93. The molecule has 0 radical (unpaired) electrons. The fourth-order valence-corrected chi connectivity index (χ4v) is 2.79. The fraction of sp³-hybridized carbons (Fsp3) is 1.00. The van der Waals surface area contributed by atoms with Crippen molar-refractivity contribution in [3.05, 3.63) is 0 Å². The summed E-state index contributed by atoms with van der Waals surface area (Å²) < 4.78 is 11.1. The van der Waals surface area contributed by atoms with E-state index >= 15 is 0 Å². The molecule has 0 aromatic heterocycles. The molecule has 1 aliphatic heterocycles. The molecule has 1 aliphatic rings. The zero-order valence-electron chi connectivity index (χ0n) is 12.4. The summed E-state index contributed by atoms with van der Waals surface area (Å²) in [6.45, 7) is 9.51. The summed E-state index contributed by atoms with van der Waals surface area (Å²) in [6, 6.07) is 0.416. The molecular weight excluding hydrogens is 228 g/mol. The molecule has 4 nitrogen and oxygen atoms in total. The molecule has 0 spiro atoms. The Hall–Kier alpha value is -0.160. The van der Waals surface area contributed by atoms with Gasteiger partial charge in [0.2, 0.25) is 0 Å². The number of rotatable bonds is 8. The van der Waals surface area contributed by atoms with Crippen molar-refractivity contribution in [2.24, 2.45) is 5.92 Å². The Kier molecular flexibility index (Phi) is 7.82. The highest BCUT2D eigenvalue weighted by Gasteiger charge is 2.30. The summed E-state index contributed by atoms with van der Waals surface area (Å²) in [4.78, 5) is 2.52. The molecule has 3 atom stereocenters. The summed E-state index contributed by atoms with van der Waals surface area (Å²) in [5.74, 6) is 0.571. The van der Waals surface area contributed by atoms with Gasteiger partial charge in [-0.2, -0.15) is 0 Å². The van der Waals surface area contributed by atoms with Gasteiger partial charge >= 0.3 is 0 Å². The van der Waals surface area contributed by atoms with Crippen LogP contribution in [-0.4, -0.2) is 64.1 Å². The molecule has 0 saturated carbocycles. The molecule has 4 heteroatoms. The van der Waals surface area contributed by atoms with Crippen molar-refractivity contribution in [2.45, 2.75) is 38.8 Å². The predicted octanol–water partition coefficient (Wildman–Crippen LogP) is 1.36. The molecule has 1 heterocycles. The van der Waals surface area contributed by atoms with Crippen molar-refractivity contribution in [2.75, 3.05) is 47.0 Å². The lowest BCUT2D eigenvalue weighted by molar-refractivity contribution is -0.0555. The lowest BCUT2D eigenvalue weighted by Crippen LogP contribution is -2.54. The van der Waals surface area contributed by atoms with Crippen LogP contribution in [0.2, 0.25) is 0 Å². The summed E-state index contributed by atoms with van der Waals surface area (Å²) in [5.41, 5.74) is 0. The Morgan fingerprint density at radius 1 is 1.50 bits per heavy atom. The molecule has 0 aromatic rings. The molecule has 1 saturated heterocycles. The molecule has 0 amide bonds. The molecule has 1 rings (SSSR count). The van der Waals surface area contributed by atoms with E-state index in [4.69, 9.17) is 9.47 Å². The third-order valence-corrected chi connectivity index (χ3v) is 3.84. The van der Waals surface area contributed by atoms with Crippen LogP contribution < -0.4 is 5.32 Å². The van der Waals surface area contributed by atoms with E-state index in [-0.39, 0.29) is 0 Å². The monoisotopic (exact) mass is 258 g/mol. The number of likely N-dealkylation sites (N-methyl/N-ethyl adjacent to an activating group) is 1. The summed E-state index contributed by atoms with van der Waals surface area (Å²) in [5, 5.41) is 3.44. The van der Waals surface area contributed by atoms with E-state index in [1.54, 1.807) is 7.11 Å². The molecule has 1 fully saturated rings. The van der Waals surface area contributed by atoms with Gasteiger partial charge in [-0.25, -0.2) is 0 Å². The SMILES string of the molecule is CCCN1CCOC(C(NC)C(C)CCOC)C1. The number of ether oxygens (including phenoxy) is 2. The minimum Gasteiger partial charge on any atom is -0.385 e. The maximum atomic E-state index is 5.96. The predicted molar refractivity (Wildman–Crippen MR) is 75.0 cm³/mol. The van der Waals surface area contributed by atoms with E-state index in [9.17, 15) is 0 Å². The number of hydrogen-bond donors (Lipinski definition) is 1. The van der Waals surface area contributed by atoms with Gasteiger partial charge in [0, 0.05) is 32.8 Å². The number of nitrogens with one attached hydrogen (secondary N) is 1. The Morgan fingerprint density at radius 2 is 2.28 bits per heavy atom. The van der Waals surface area contributed by atoms with Crippen molar-refractivity contribution in [3.8, 4) is 0 Å². The second kappa shape index (κ2) is 8.86. The van der Waals surface area contributed by atoms with Crippen LogP contribution >= 0.6 is 0 Å². The lowest BCUT2D eigenvalue weighted by Gasteiger charge is -2.39. The molecule has 3 unspecified atom stereocenters. The van der Waals surface area contributed by atoms with Gasteiger partial charge in [-0.3, -0.25) is 4.90 Å². The van der Waals surface area contributed by atoms with Crippen LogP contribution in [0.4, 0.5) is 0 Å². The second-order valence-corrected chi connectivity index (χ2v) is 5.28. The first-order valence-corrected chi connectivity index (χ1v) is 7.23. The highest BCUT2D eigenvalue weighted by atomic mass is 16.5. The average Bonchev–Trinajstić information content (AvgIpc) is 2.38. The topological polar surface area (TPSA) is 33.7 Å². The van der Waals surface area contributed by atoms with Gasteiger partial charge in [0.05, 0.1) is 12.7 Å². The van der Waals surface area contributed by atoms with Gasteiger partial charge in [-0.15, -0.1) is 0 Å². The molecule has 1 N–H and O–H groups in total. The molecule has 0 aliphatic carbocycles.